The van der Waals surface area contributed by atoms with Crippen LogP contribution in [0.4, 0.5) is 0 Å². The first-order valence-corrected chi connectivity index (χ1v) is 7.69. The number of nitrogens with one attached hydrogen (secondary N) is 1. The molecule has 0 fully saturated rings. The van der Waals surface area contributed by atoms with Crippen molar-refractivity contribution in [2.45, 2.75) is 6.92 Å². The summed E-state index contributed by atoms with van der Waals surface area (Å²) in [5.74, 6) is -1.45. The average molecular weight is 352 g/mol. The molecule has 4 N–H and O–H groups in total. The third kappa shape index (κ3) is 3.67. The van der Waals surface area contributed by atoms with Crippen LogP contribution in [-0.2, 0) is 0 Å². The van der Waals surface area contributed by atoms with Crippen molar-refractivity contribution in [2.75, 3.05) is 0 Å². The second-order valence-corrected chi connectivity index (χ2v) is 5.63. The quantitative estimate of drug-likeness (QED) is 0.327. The zero-order chi connectivity index (χ0) is 18.7. The fraction of sp³-hybridized carbons (Fsp3) is 0.0526. The van der Waals surface area contributed by atoms with Crippen LogP contribution in [0.5, 0.6) is 17.2 Å². The van der Waals surface area contributed by atoms with Gasteiger partial charge >= 0.3 is 0 Å². The first-order valence-electron chi connectivity index (χ1n) is 7.69. The SMILES string of the molecule is Cc1ccc(-c2ccc(/C=N/NC(=O)c3cc(O)c(O)c(O)c3)o2)cc1. The highest BCUT2D eigenvalue weighted by molar-refractivity contribution is 5.96. The van der Waals surface area contributed by atoms with E-state index in [0.717, 1.165) is 23.3 Å². The molecule has 1 amide bonds. The number of carbonyl (C=O) groups excluding carboxylic acids is 1. The lowest BCUT2D eigenvalue weighted by atomic mass is 10.1. The summed E-state index contributed by atoms with van der Waals surface area (Å²) in [6, 6.07) is 13.4. The highest BCUT2D eigenvalue weighted by Crippen LogP contribution is 2.35. The molecule has 7 nitrogen and oxygen atoms in total. The first-order chi connectivity index (χ1) is 12.4. The molecule has 0 saturated carbocycles. The molecule has 0 atom stereocenters. The summed E-state index contributed by atoms with van der Waals surface area (Å²) in [7, 11) is 0. The maximum absolute atomic E-state index is 11.9. The van der Waals surface area contributed by atoms with E-state index in [9.17, 15) is 20.1 Å². The van der Waals surface area contributed by atoms with Crippen LogP contribution < -0.4 is 5.43 Å². The van der Waals surface area contributed by atoms with Crippen molar-refractivity contribution >= 4 is 12.1 Å². The van der Waals surface area contributed by atoms with Gasteiger partial charge in [-0.2, -0.15) is 5.10 Å². The van der Waals surface area contributed by atoms with E-state index in [1.54, 1.807) is 12.1 Å². The van der Waals surface area contributed by atoms with Crippen LogP contribution in [0.2, 0.25) is 0 Å². The van der Waals surface area contributed by atoms with Crippen molar-refractivity contribution in [1.82, 2.24) is 5.43 Å². The van der Waals surface area contributed by atoms with Crippen molar-refractivity contribution in [3.05, 3.63) is 65.4 Å². The predicted molar refractivity (Wildman–Crippen MR) is 95.4 cm³/mol. The van der Waals surface area contributed by atoms with Crippen molar-refractivity contribution in [3.63, 3.8) is 0 Å². The Labute approximate surface area is 148 Å². The summed E-state index contributed by atoms with van der Waals surface area (Å²) < 4.78 is 5.64. The third-order valence-corrected chi connectivity index (χ3v) is 3.65. The molecule has 1 aromatic heterocycles. The number of furan rings is 1. The van der Waals surface area contributed by atoms with E-state index < -0.39 is 23.2 Å². The molecule has 3 aromatic rings. The molecule has 0 aliphatic heterocycles. The van der Waals surface area contributed by atoms with Crippen LogP contribution >= 0.6 is 0 Å². The first kappa shape index (κ1) is 17.1. The van der Waals surface area contributed by atoms with Gasteiger partial charge in [0.05, 0.1) is 6.21 Å². The summed E-state index contributed by atoms with van der Waals surface area (Å²) in [5, 5.41) is 31.9. The van der Waals surface area contributed by atoms with E-state index in [2.05, 4.69) is 10.5 Å². The Balaban J connectivity index is 1.67. The summed E-state index contributed by atoms with van der Waals surface area (Å²) in [6.45, 7) is 2.00. The van der Waals surface area contributed by atoms with E-state index in [-0.39, 0.29) is 5.56 Å². The lowest BCUT2D eigenvalue weighted by Crippen LogP contribution is -2.17. The highest BCUT2D eigenvalue weighted by Gasteiger charge is 2.13. The molecule has 0 aliphatic rings. The number of nitrogens with zero attached hydrogens (tertiary/aromatic N) is 1. The van der Waals surface area contributed by atoms with Crippen molar-refractivity contribution in [2.24, 2.45) is 5.10 Å². The predicted octanol–water partition coefficient (Wildman–Crippen LogP) is 3.14. The number of rotatable bonds is 4. The normalized spacial score (nSPS) is 11.0. The summed E-state index contributed by atoms with van der Waals surface area (Å²) in [5.41, 5.74) is 4.26. The topological polar surface area (TPSA) is 115 Å². The number of phenols is 3. The lowest BCUT2D eigenvalue weighted by Gasteiger charge is -2.04. The minimum absolute atomic E-state index is 0.0604. The van der Waals surface area contributed by atoms with Gasteiger partial charge in [0.25, 0.3) is 5.91 Å². The minimum atomic E-state index is -0.690. The monoisotopic (exact) mass is 352 g/mol. The molecular weight excluding hydrogens is 336 g/mol. The maximum Gasteiger partial charge on any atom is 0.271 e. The zero-order valence-corrected chi connectivity index (χ0v) is 13.8. The number of carbonyl (C=O) groups is 1. The second-order valence-electron chi connectivity index (χ2n) is 5.63. The highest BCUT2D eigenvalue weighted by atomic mass is 16.3. The fourth-order valence-electron chi connectivity index (χ4n) is 2.25. The third-order valence-electron chi connectivity index (χ3n) is 3.65. The number of hydrogen-bond donors (Lipinski definition) is 4. The Bertz CT molecular complexity index is 951. The van der Waals surface area contributed by atoms with E-state index in [1.165, 1.54) is 6.21 Å². The number of phenolic OH excluding ortho intramolecular Hbond substituents is 3. The Hall–Kier alpha value is -3.74. The van der Waals surface area contributed by atoms with Gasteiger partial charge < -0.3 is 19.7 Å². The van der Waals surface area contributed by atoms with Gasteiger partial charge in [-0.1, -0.05) is 29.8 Å². The molecule has 0 aliphatic carbocycles. The molecule has 0 spiro atoms. The van der Waals surface area contributed by atoms with E-state index in [0.29, 0.717) is 11.5 Å². The Morgan fingerprint density at radius 1 is 1.04 bits per heavy atom. The Morgan fingerprint density at radius 3 is 2.35 bits per heavy atom. The van der Waals surface area contributed by atoms with Crippen molar-refractivity contribution in [3.8, 4) is 28.6 Å². The summed E-state index contributed by atoms with van der Waals surface area (Å²) >= 11 is 0. The molecule has 0 radical (unpaired) electrons. The maximum atomic E-state index is 11.9. The largest absolute Gasteiger partial charge is 0.504 e. The van der Waals surface area contributed by atoms with Crippen molar-refractivity contribution < 1.29 is 24.5 Å². The molecule has 0 unspecified atom stereocenters. The number of aromatic hydroxyl groups is 3. The molecule has 26 heavy (non-hydrogen) atoms. The molecule has 3 rings (SSSR count). The van der Waals surface area contributed by atoms with Crippen LogP contribution in [0.1, 0.15) is 21.7 Å². The molecule has 7 heteroatoms. The molecule has 0 bridgehead atoms. The summed E-state index contributed by atoms with van der Waals surface area (Å²) in [4.78, 5) is 11.9. The number of hydrogen-bond acceptors (Lipinski definition) is 6. The van der Waals surface area contributed by atoms with Crippen LogP contribution in [-0.4, -0.2) is 27.4 Å². The molecule has 132 valence electrons. The Morgan fingerprint density at radius 2 is 1.69 bits per heavy atom. The van der Waals surface area contributed by atoms with Crippen molar-refractivity contribution in [1.29, 1.82) is 0 Å². The fourth-order valence-corrected chi connectivity index (χ4v) is 2.25. The zero-order valence-electron chi connectivity index (χ0n) is 13.8. The lowest BCUT2D eigenvalue weighted by molar-refractivity contribution is 0.0954. The van der Waals surface area contributed by atoms with Gasteiger partial charge in [-0.3, -0.25) is 4.79 Å². The van der Waals surface area contributed by atoms with Crippen LogP contribution in [0, 0.1) is 6.92 Å². The average Bonchev–Trinajstić information content (AvgIpc) is 3.08. The van der Waals surface area contributed by atoms with Crippen LogP contribution in [0.3, 0.4) is 0 Å². The summed E-state index contributed by atoms with van der Waals surface area (Å²) in [6.07, 6.45) is 1.33. The minimum Gasteiger partial charge on any atom is -0.504 e. The van der Waals surface area contributed by atoms with Gasteiger partial charge in [0.15, 0.2) is 17.2 Å². The van der Waals surface area contributed by atoms with E-state index in [1.807, 2.05) is 31.2 Å². The number of hydrazone groups is 1. The smallest absolute Gasteiger partial charge is 0.271 e. The molecule has 1 heterocycles. The standard InChI is InChI=1S/C19H16N2O5/c1-11-2-4-12(5-3-11)17-7-6-14(26-17)10-20-21-19(25)13-8-15(22)18(24)16(23)9-13/h2-10,22-24H,1H3,(H,21,25)/b20-10+. The van der Waals surface area contributed by atoms with Gasteiger partial charge in [0, 0.05) is 11.1 Å². The number of aryl methyl sites for hydroxylation is 1. The van der Waals surface area contributed by atoms with E-state index in [4.69, 9.17) is 4.42 Å². The Kier molecular flexibility index (Phi) is 4.62. The van der Waals surface area contributed by atoms with Gasteiger partial charge in [-0.15, -0.1) is 0 Å². The van der Waals surface area contributed by atoms with Gasteiger partial charge in [0.1, 0.15) is 11.5 Å². The number of amides is 1. The van der Waals surface area contributed by atoms with Crippen LogP contribution in [0.15, 0.2) is 58.0 Å². The van der Waals surface area contributed by atoms with Crippen LogP contribution in [0.25, 0.3) is 11.3 Å². The molecular formula is C19H16N2O5. The van der Waals surface area contributed by atoms with E-state index >= 15 is 0 Å². The molecule has 2 aromatic carbocycles. The second kappa shape index (κ2) is 7.02. The molecule has 0 saturated heterocycles. The van der Waals surface area contributed by atoms with Gasteiger partial charge in [-0.05, 0) is 31.2 Å². The van der Waals surface area contributed by atoms with Gasteiger partial charge in [-0.25, -0.2) is 5.43 Å². The number of benzene rings is 2. The van der Waals surface area contributed by atoms with Gasteiger partial charge in [0.2, 0.25) is 0 Å².